The summed E-state index contributed by atoms with van der Waals surface area (Å²) >= 11 is 11.9. The lowest BCUT2D eigenvalue weighted by molar-refractivity contribution is -0.116. The van der Waals surface area contributed by atoms with E-state index in [-0.39, 0.29) is 5.91 Å². The Morgan fingerprint density at radius 2 is 1.83 bits per heavy atom. The van der Waals surface area contributed by atoms with Crippen LogP contribution in [0.5, 0.6) is 11.5 Å². The predicted molar refractivity (Wildman–Crippen MR) is 90.8 cm³/mol. The zero-order valence-corrected chi connectivity index (χ0v) is 13.8. The lowest BCUT2D eigenvalue weighted by atomic mass is 10.1. The first-order valence-electron chi connectivity index (χ1n) is 7.25. The van der Waals surface area contributed by atoms with Crippen LogP contribution in [0.15, 0.2) is 36.4 Å². The summed E-state index contributed by atoms with van der Waals surface area (Å²) in [6.45, 7) is 1.11. The standard InChI is InChI=1S/C17H15Cl2NO3/c18-12-3-4-13(19)14(10-12)20-17(21)6-2-11-1-5-15-16(9-11)23-8-7-22-15/h1,3-5,9-10H,2,6-8H2,(H,20,21). The summed E-state index contributed by atoms with van der Waals surface area (Å²) in [7, 11) is 0. The largest absolute Gasteiger partial charge is 0.486 e. The van der Waals surface area contributed by atoms with Crippen LogP contribution < -0.4 is 14.8 Å². The van der Waals surface area contributed by atoms with Crippen molar-refractivity contribution in [2.24, 2.45) is 0 Å². The summed E-state index contributed by atoms with van der Waals surface area (Å²) in [6.07, 6.45) is 0.934. The molecule has 0 saturated heterocycles. The van der Waals surface area contributed by atoms with E-state index in [1.807, 2.05) is 18.2 Å². The molecule has 0 bridgehead atoms. The van der Waals surface area contributed by atoms with Crippen molar-refractivity contribution in [2.45, 2.75) is 12.8 Å². The summed E-state index contributed by atoms with van der Waals surface area (Å²) < 4.78 is 11.0. The molecule has 0 fully saturated rings. The molecule has 0 aromatic heterocycles. The zero-order valence-electron chi connectivity index (χ0n) is 12.3. The van der Waals surface area contributed by atoms with E-state index in [9.17, 15) is 4.79 Å². The van der Waals surface area contributed by atoms with Gasteiger partial charge in [-0.25, -0.2) is 0 Å². The molecule has 6 heteroatoms. The van der Waals surface area contributed by atoms with Gasteiger partial charge in [0.15, 0.2) is 11.5 Å². The van der Waals surface area contributed by atoms with Crippen LogP contribution in [0, 0.1) is 0 Å². The van der Waals surface area contributed by atoms with Crippen molar-refractivity contribution in [3.63, 3.8) is 0 Å². The van der Waals surface area contributed by atoms with Crippen LogP contribution in [0.3, 0.4) is 0 Å². The van der Waals surface area contributed by atoms with Gasteiger partial charge in [-0.05, 0) is 42.3 Å². The Labute approximate surface area is 144 Å². The molecular weight excluding hydrogens is 337 g/mol. The minimum atomic E-state index is -0.121. The molecule has 1 N–H and O–H groups in total. The average molecular weight is 352 g/mol. The Morgan fingerprint density at radius 1 is 1.04 bits per heavy atom. The van der Waals surface area contributed by atoms with Crippen LogP contribution in [0.4, 0.5) is 5.69 Å². The van der Waals surface area contributed by atoms with Crippen molar-refractivity contribution in [1.82, 2.24) is 0 Å². The Hall–Kier alpha value is -1.91. The molecular formula is C17H15Cl2NO3. The molecule has 23 heavy (non-hydrogen) atoms. The van der Waals surface area contributed by atoms with Gasteiger partial charge in [-0.2, -0.15) is 0 Å². The third kappa shape index (κ3) is 4.09. The SMILES string of the molecule is O=C(CCc1ccc2c(c1)OCCO2)Nc1cc(Cl)ccc1Cl. The number of halogens is 2. The van der Waals surface area contributed by atoms with Crippen molar-refractivity contribution in [1.29, 1.82) is 0 Å². The Balaban J connectivity index is 1.59. The molecule has 2 aromatic carbocycles. The Bertz CT molecular complexity index is 734. The van der Waals surface area contributed by atoms with Crippen molar-refractivity contribution >= 4 is 34.8 Å². The first kappa shape index (κ1) is 16.0. The second-order valence-corrected chi connectivity index (χ2v) is 5.99. The van der Waals surface area contributed by atoms with Crippen molar-refractivity contribution in [3.8, 4) is 11.5 Å². The molecule has 0 spiro atoms. The number of carbonyl (C=O) groups excluding carboxylic acids is 1. The van der Waals surface area contributed by atoms with E-state index >= 15 is 0 Å². The fourth-order valence-corrected chi connectivity index (χ4v) is 2.64. The monoisotopic (exact) mass is 351 g/mol. The van der Waals surface area contributed by atoms with Gasteiger partial charge in [0.2, 0.25) is 5.91 Å². The molecule has 3 rings (SSSR count). The lowest BCUT2D eigenvalue weighted by Crippen LogP contribution is -2.16. The van der Waals surface area contributed by atoms with E-state index in [1.54, 1.807) is 18.2 Å². The van der Waals surface area contributed by atoms with E-state index in [4.69, 9.17) is 32.7 Å². The third-order valence-electron chi connectivity index (χ3n) is 3.45. The van der Waals surface area contributed by atoms with E-state index in [0.717, 1.165) is 17.1 Å². The summed E-state index contributed by atoms with van der Waals surface area (Å²) in [5.41, 5.74) is 1.54. The first-order chi connectivity index (χ1) is 11.1. The Morgan fingerprint density at radius 3 is 2.65 bits per heavy atom. The number of anilines is 1. The van der Waals surface area contributed by atoms with Crippen molar-refractivity contribution < 1.29 is 14.3 Å². The maximum Gasteiger partial charge on any atom is 0.224 e. The highest BCUT2D eigenvalue weighted by molar-refractivity contribution is 6.35. The number of benzene rings is 2. The number of rotatable bonds is 4. The second-order valence-electron chi connectivity index (χ2n) is 5.15. The van der Waals surface area contributed by atoms with Crippen molar-refractivity contribution in [2.75, 3.05) is 18.5 Å². The number of hydrogen-bond donors (Lipinski definition) is 1. The maximum absolute atomic E-state index is 12.1. The number of ether oxygens (including phenoxy) is 2. The maximum atomic E-state index is 12.1. The summed E-state index contributed by atoms with van der Waals surface area (Å²) in [4.78, 5) is 12.1. The third-order valence-corrected chi connectivity index (χ3v) is 4.01. The highest BCUT2D eigenvalue weighted by Gasteiger charge is 2.12. The highest BCUT2D eigenvalue weighted by Crippen LogP contribution is 2.31. The average Bonchev–Trinajstić information content (AvgIpc) is 2.56. The molecule has 2 aromatic rings. The molecule has 0 aliphatic carbocycles. The molecule has 0 radical (unpaired) electrons. The topological polar surface area (TPSA) is 47.6 Å². The van der Waals surface area contributed by atoms with E-state index < -0.39 is 0 Å². The van der Waals surface area contributed by atoms with Gasteiger partial charge in [-0.3, -0.25) is 4.79 Å². The van der Waals surface area contributed by atoms with Gasteiger partial charge < -0.3 is 14.8 Å². The normalized spacial score (nSPS) is 12.8. The summed E-state index contributed by atoms with van der Waals surface area (Å²) in [6, 6.07) is 10.7. The second kappa shape index (κ2) is 7.11. The van der Waals surface area contributed by atoms with Crippen molar-refractivity contribution in [3.05, 3.63) is 52.0 Å². The van der Waals surface area contributed by atoms with Crippen LogP contribution in [-0.4, -0.2) is 19.1 Å². The number of aryl methyl sites for hydroxylation is 1. The number of fused-ring (bicyclic) bond motifs is 1. The number of hydrogen-bond acceptors (Lipinski definition) is 3. The quantitative estimate of drug-likeness (QED) is 0.891. The van der Waals surface area contributed by atoms with Gasteiger partial charge in [0.25, 0.3) is 0 Å². The van der Waals surface area contributed by atoms with Gasteiger partial charge in [0, 0.05) is 11.4 Å². The van der Waals surface area contributed by atoms with E-state index in [2.05, 4.69) is 5.32 Å². The highest BCUT2D eigenvalue weighted by atomic mass is 35.5. The molecule has 1 aliphatic rings. The molecule has 0 unspecified atom stereocenters. The molecule has 1 heterocycles. The van der Waals surface area contributed by atoms with Gasteiger partial charge in [0.1, 0.15) is 13.2 Å². The molecule has 4 nitrogen and oxygen atoms in total. The van der Waals surface area contributed by atoms with Crippen LogP contribution in [0.1, 0.15) is 12.0 Å². The molecule has 120 valence electrons. The number of amides is 1. The summed E-state index contributed by atoms with van der Waals surface area (Å²) in [5, 5.41) is 3.76. The van der Waals surface area contributed by atoms with Crippen LogP contribution in [0.25, 0.3) is 0 Å². The number of carbonyl (C=O) groups is 1. The Kier molecular flexibility index (Phi) is 4.94. The van der Waals surface area contributed by atoms with E-state index in [1.165, 1.54) is 0 Å². The van der Waals surface area contributed by atoms with Gasteiger partial charge >= 0.3 is 0 Å². The predicted octanol–water partition coefficient (Wildman–Crippen LogP) is 4.34. The fourth-order valence-electron chi connectivity index (χ4n) is 2.31. The van der Waals surface area contributed by atoms with Crippen LogP contribution in [-0.2, 0) is 11.2 Å². The minimum Gasteiger partial charge on any atom is -0.486 e. The molecule has 0 atom stereocenters. The number of nitrogens with one attached hydrogen (secondary N) is 1. The summed E-state index contributed by atoms with van der Waals surface area (Å²) in [5.74, 6) is 1.35. The van der Waals surface area contributed by atoms with Gasteiger partial charge in [-0.15, -0.1) is 0 Å². The minimum absolute atomic E-state index is 0.121. The van der Waals surface area contributed by atoms with Gasteiger partial charge in [-0.1, -0.05) is 29.3 Å². The van der Waals surface area contributed by atoms with Crippen LogP contribution >= 0.6 is 23.2 Å². The van der Waals surface area contributed by atoms with Gasteiger partial charge in [0.05, 0.1) is 10.7 Å². The molecule has 1 amide bonds. The molecule has 1 aliphatic heterocycles. The lowest BCUT2D eigenvalue weighted by Gasteiger charge is -2.18. The van der Waals surface area contributed by atoms with E-state index in [0.29, 0.717) is 41.8 Å². The van der Waals surface area contributed by atoms with Crippen LogP contribution in [0.2, 0.25) is 10.0 Å². The zero-order chi connectivity index (χ0) is 16.2. The first-order valence-corrected chi connectivity index (χ1v) is 8.01. The smallest absolute Gasteiger partial charge is 0.224 e. The fraction of sp³-hybridized carbons (Fsp3) is 0.235. The molecule has 0 saturated carbocycles.